The Morgan fingerprint density at radius 2 is 1.76 bits per heavy atom. The average molecular weight is 227 g/mol. The molecular weight excluding hydrogens is 210 g/mol. The number of Topliss-reactive ketones (excluding diaryl/α,β-unsaturated/α-hetero) is 1. The van der Waals surface area contributed by atoms with Crippen LogP contribution in [0.1, 0.15) is 34.1 Å². The molecule has 0 amide bonds. The van der Waals surface area contributed by atoms with Gasteiger partial charge in [0.15, 0.2) is 5.78 Å². The molecule has 0 saturated heterocycles. The van der Waals surface area contributed by atoms with Crippen LogP contribution in [0.4, 0.5) is 0 Å². The average Bonchev–Trinajstić information content (AvgIpc) is 2.72. The Labute approximate surface area is 102 Å². The van der Waals surface area contributed by atoms with Crippen molar-refractivity contribution in [1.82, 2.24) is 4.57 Å². The minimum absolute atomic E-state index is 0.112. The van der Waals surface area contributed by atoms with Gasteiger partial charge in [-0.3, -0.25) is 4.79 Å². The van der Waals surface area contributed by atoms with Crippen molar-refractivity contribution < 1.29 is 4.79 Å². The van der Waals surface area contributed by atoms with Crippen LogP contribution in [0.3, 0.4) is 0 Å². The molecule has 2 nitrogen and oxygen atoms in total. The molecule has 17 heavy (non-hydrogen) atoms. The normalized spacial score (nSPS) is 10.5. The number of rotatable bonds is 3. The zero-order valence-electron chi connectivity index (χ0n) is 10.5. The summed E-state index contributed by atoms with van der Waals surface area (Å²) in [6.07, 6.45) is 1.96. The topological polar surface area (TPSA) is 22.0 Å². The minimum Gasteiger partial charge on any atom is -0.341 e. The maximum atomic E-state index is 11.5. The van der Waals surface area contributed by atoms with Gasteiger partial charge in [0.25, 0.3) is 0 Å². The minimum atomic E-state index is 0.112. The van der Waals surface area contributed by atoms with E-state index in [4.69, 9.17) is 0 Å². The second kappa shape index (κ2) is 4.58. The molecule has 0 N–H and O–H groups in total. The van der Waals surface area contributed by atoms with Gasteiger partial charge in [0, 0.05) is 19.7 Å². The Kier molecular flexibility index (Phi) is 3.14. The van der Waals surface area contributed by atoms with Crippen molar-refractivity contribution in [2.45, 2.75) is 27.3 Å². The zero-order chi connectivity index (χ0) is 12.4. The van der Waals surface area contributed by atoms with Gasteiger partial charge in [0.2, 0.25) is 0 Å². The first-order valence-electron chi connectivity index (χ1n) is 5.81. The molecule has 2 heteroatoms. The van der Waals surface area contributed by atoms with Crippen LogP contribution in [-0.4, -0.2) is 10.4 Å². The standard InChI is InChI=1S/C15H17NO/c1-11-6-4-7-12(2)14(11)10-16-9-5-8-15(16)13(3)17/h4-9H,10H2,1-3H3. The third-order valence-electron chi connectivity index (χ3n) is 3.16. The predicted octanol–water partition coefficient (Wildman–Crippen LogP) is 3.36. The van der Waals surface area contributed by atoms with Gasteiger partial charge in [-0.1, -0.05) is 18.2 Å². The Hall–Kier alpha value is -1.83. The summed E-state index contributed by atoms with van der Waals surface area (Å²) in [6.45, 7) is 6.59. The molecule has 0 saturated carbocycles. The third kappa shape index (κ3) is 2.31. The van der Waals surface area contributed by atoms with E-state index in [1.807, 2.05) is 22.9 Å². The fraction of sp³-hybridized carbons (Fsp3) is 0.267. The van der Waals surface area contributed by atoms with Crippen molar-refractivity contribution in [2.24, 2.45) is 0 Å². The van der Waals surface area contributed by atoms with Gasteiger partial charge < -0.3 is 4.57 Å². The van der Waals surface area contributed by atoms with E-state index in [0.717, 1.165) is 12.2 Å². The van der Waals surface area contributed by atoms with E-state index in [9.17, 15) is 4.79 Å². The van der Waals surface area contributed by atoms with Gasteiger partial charge >= 0.3 is 0 Å². The van der Waals surface area contributed by atoms with Crippen LogP contribution in [0.15, 0.2) is 36.5 Å². The van der Waals surface area contributed by atoms with Crippen molar-refractivity contribution in [3.05, 3.63) is 58.9 Å². The zero-order valence-corrected chi connectivity index (χ0v) is 10.5. The maximum Gasteiger partial charge on any atom is 0.176 e. The highest BCUT2D eigenvalue weighted by Gasteiger charge is 2.08. The quantitative estimate of drug-likeness (QED) is 0.737. The third-order valence-corrected chi connectivity index (χ3v) is 3.16. The molecule has 1 aromatic carbocycles. The second-order valence-electron chi connectivity index (χ2n) is 4.45. The van der Waals surface area contributed by atoms with E-state index in [0.29, 0.717) is 0 Å². The number of benzene rings is 1. The number of carbonyl (C=O) groups excluding carboxylic acids is 1. The lowest BCUT2D eigenvalue weighted by molar-refractivity contribution is 0.100. The van der Waals surface area contributed by atoms with E-state index in [1.54, 1.807) is 6.92 Å². The van der Waals surface area contributed by atoms with Crippen molar-refractivity contribution in [3.63, 3.8) is 0 Å². The highest BCUT2D eigenvalue weighted by Crippen LogP contribution is 2.16. The van der Waals surface area contributed by atoms with E-state index in [-0.39, 0.29) is 5.78 Å². The molecule has 2 aromatic rings. The lowest BCUT2D eigenvalue weighted by Gasteiger charge is -2.12. The summed E-state index contributed by atoms with van der Waals surface area (Å²) < 4.78 is 2.01. The molecule has 0 fully saturated rings. The first-order chi connectivity index (χ1) is 8.09. The van der Waals surface area contributed by atoms with Crippen LogP contribution in [-0.2, 0) is 6.54 Å². The van der Waals surface area contributed by atoms with E-state index in [2.05, 4.69) is 32.0 Å². The first kappa shape index (κ1) is 11.6. The van der Waals surface area contributed by atoms with E-state index >= 15 is 0 Å². The Balaban J connectivity index is 2.38. The van der Waals surface area contributed by atoms with Crippen LogP contribution in [0.5, 0.6) is 0 Å². The highest BCUT2D eigenvalue weighted by atomic mass is 16.1. The summed E-state index contributed by atoms with van der Waals surface area (Å²) in [4.78, 5) is 11.5. The maximum absolute atomic E-state index is 11.5. The Morgan fingerprint density at radius 1 is 1.12 bits per heavy atom. The van der Waals surface area contributed by atoms with E-state index in [1.165, 1.54) is 16.7 Å². The number of hydrogen-bond acceptors (Lipinski definition) is 1. The summed E-state index contributed by atoms with van der Waals surface area (Å²) in [6, 6.07) is 10.1. The SMILES string of the molecule is CC(=O)c1cccn1Cc1c(C)cccc1C. The van der Waals surface area contributed by atoms with Crippen molar-refractivity contribution in [1.29, 1.82) is 0 Å². The number of ketones is 1. The Bertz CT molecular complexity index is 532. The first-order valence-corrected chi connectivity index (χ1v) is 5.81. The molecule has 0 aliphatic rings. The molecular formula is C15H17NO. The van der Waals surface area contributed by atoms with Crippen molar-refractivity contribution >= 4 is 5.78 Å². The molecule has 2 rings (SSSR count). The molecule has 0 aliphatic carbocycles. The van der Waals surface area contributed by atoms with Crippen LogP contribution in [0, 0.1) is 13.8 Å². The highest BCUT2D eigenvalue weighted by molar-refractivity contribution is 5.92. The van der Waals surface area contributed by atoms with E-state index < -0.39 is 0 Å². The number of aromatic nitrogens is 1. The second-order valence-corrected chi connectivity index (χ2v) is 4.45. The van der Waals surface area contributed by atoms with Crippen LogP contribution < -0.4 is 0 Å². The van der Waals surface area contributed by atoms with Crippen molar-refractivity contribution in [3.8, 4) is 0 Å². The summed E-state index contributed by atoms with van der Waals surface area (Å²) >= 11 is 0. The van der Waals surface area contributed by atoms with Crippen LogP contribution >= 0.6 is 0 Å². The molecule has 0 unspecified atom stereocenters. The largest absolute Gasteiger partial charge is 0.341 e. The molecule has 1 heterocycles. The van der Waals surface area contributed by atoms with Gasteiger partial charge in [-0.05, 0) is 42.7 Å². The van der Waals surface area contributed by atoms with Gasteiger partial charge in [-0.2, -0.15) is 0 Å². The van der Waals surface area contributed by atoms with Crippen molar-refractivity contribution in [2.75, 3.05) is 0 Å². The summed E-state index contributed by atoms with van der Waals surface area (Å²) in [5.74, 6) is 0.112. The molecule has 88 valence electrons. The number of carbonyl (C=O) groups is 1. The lowest BCUT2D eigenvalue weighted by atomic mass is 10.0. The number of hydrogen-bond donors (Lipinski definition) is 0. The predicted molar refractivity (Wildman–Crippen MR) is 69.5 cm³/mol. The summed E-state index contributed by atoms with van der Waals surface area (Å²) in [7, 11) is 0. The van der Waals surface area contributed by atoms with Crippen LogP contribution in [0.25, 0.3) is 0 Å². The fourth-order valence-corrected chi connectivity index (χ4v) is 2.14. The van der Waals surface area contributed by atoms with Gasteiger partial charge in [-0.15, -0.1) is 0 Å². The Morgan fingerprint density at radius 3 is 2.35 bits per heavy atom. The molecule has 0 spiro atoms. The molecule has 1 aromatic heterocycles. The molecule has 0 radical (unpaired) electrons. The molecule has 0 bridgehead atoms. The summed E-state index contributed by atoms with van der Waals surface area (Å²) in [5.41, 5.74) is 4.61. The van der Waals surface area contributed by atoms with Gasteiger partial charge in [0.05, 0.1) is 5.69 Å². The molecule has 0 aliphatic heterocycles. The van der Waals surface area contributed by atoms with Gasteiger partial charge in [-0.25, -0.2) is 0 Å². The summed E-state index contributed by atoms with van der Waals surface area (Å²) in [5, 5.41) is 0. The smallest absolute Gasteiger partial charge is 0.176 e. The van der Waals surface area contributed by atoms with Crippen LogP contribution in [0.2, 0.25) is 0 Å². The number of aryl methyl sites for hydroxylation is 2. The lowest BCUT2D eigenvalue weighted by Crippen LogP contribution is -2.08. The molecule has 0 atom stereocenters. The number of nitrogens with zero attached hydrogens (tertiary/aromatic N) is 1. The monoisotopic (exact) mass is 227 g/mol. The van der Waals surface area contributed by atoms with Gasteiger partial charge in [0.1, 0.15) is 0 Å². The fourth-order valence-electron chi connectivity index (χ4n) is 2.14.